The minimum atomic E-state index is -1.04. The molecule has 0 spiro atoms. The Kier molecular flexibility index (Phi) is 7.60. The first-order valence-corrected chi connectivity index (χ1v) is 6.67. The van der Waals surface area contributed by atoms with E-state index in [0.29, 0.717) is 24.5 Å². The van der Waals surface area contributed by atoms with Crippen LogP contribution < -0.4 is 20.0 Å². The lowest BCUT2D eigenvalue weighted by Crippen LogP contribution is -2.30. The number of alkyl halides is 1. The lowest BCUT2D eigenvalue weighted by atomic mass is 10.0. The number of rotatable bonds is 9. The summed E-state index contributed by atoms with van der Waals surface area (Å²) in [6.07, 6.45) is 1.37. The Morgan fingerprint density at radius 2 is 2.05 bits per heavy atom. The molecule has 0 aliphatic heterocycles. The van der Waals surface area contributed by atoms with Crippen molar-refractivity contribution in [2.24, 2.45) is 0 Å². The maximum atomic E-state index is 12.4. The number of halogens is 1. The number of hydrogen-bond acceptors (Lipinski definition) is 4. The lowest BCUT2D eigenvalue weighted by molar-refractivity contribution is -0.122. The Morgan fingerprint density at radius 1 is 1.33 bits per heavy atom. The standard InChI is InChI=1S/C14H20BFN2O3/c1-20-12-6-5-10(8-13(12)21-2)11(4-3-7-17-15)18-14(19)9-16/h5-6,8,11,17H,3-4,7,9H2,1-2H3,(H,18,19)/t11-/m1/s1. The molecule has 0 aliphatic rings. The molecule has 21 heavy (non-hydrogen) atoms. The van der Waals surface area contributed by atoms with Crippen molar-refractivity contribution in [3.05, 3.63) is 23.8 Å². The van der Waals surface area contributed by atoms with Crippen LogP contribution in [0.5, 0.6) is 11.5 Å². The van der Waals surface area contributed by atoms with Crippen LogP contribution in [-0.2, 0) is 4.79 Å². The van der Waals surface area contributed by atoms with Crippen LogP contribution in [0.2, 0.25) is 0 Å². The maximum Gasteiger partial charge on any atom is 0.251 e. The number of carbonyl (C=O) groups excluding carboxylic acids is 1. The first-order chi connectivity index (χ1) is 10.2. The molecule has 0 unspecified atom stereocenters. The van der Waals surface area contributed by atoms with Crippen LogP contribution in [0.3, 0.4) is 0 Å². The summed E-state index contributed by atoms with van der Waals surface area (Å²) in [5.74, 6) is 0.516. The van der Waals surface area contributed by atoms with Gasteiger partial charge in [0.05, 0.1) is 20.3 Å². The van der Waals surface area contributed by atoms with Crippen molar-refractivity contribution in [2.75, 3.05) is 27.4 Å². The second kappa shape index (κ2) is 9.23. The molecule has 5 nitrogen and oxygen atoms in total. The summed E-state index contributed by atoms with van der Waals surface area (Å²) >= 11 is 0. The molecule has 0 saturated carbocycles. The molecule has 7 heteroatoms. The zero-order valence-corrected chi connectivity index (χ0v) is 12.3. The monoisotopic (exact) mass is 294 g/mol. The van der Waals surface area contributed by atoms with E-state index in [1.807, 2.05) is 6.07 Å². The molecule has 0 bridgehead atoms. The number of carbonyl (C=O) groups is 1. The molecule has 2 N–H and O–H groups in total. The van der Waals surface area contributed by atoms with Crippen molar-refractivity contribution in [3.63, 3.8) is 0 Å². The lowest BCUT2D eigenvalue weighted by Gasteiger charge is -2.20. The first kappa shape index (κ1) is 17.3. The van der Waals surface area contributed by atoms with Gasteiger partial charge in [-0.15, -0.1) is 0 Å². The van der Waals surface area contributed by atoms with E-state index in [1.54, 1.807) is 19.2 Å². The van der Waals surface area contributed by atoms with Crippen molar-refractivity contribution in [1.82, 2.24) is 10.5 Å². The van der Waals surface area contributed by atoms with Gasteiger partial charge >= 0.3 is 0 Å². The summed E-state index contributed by atoms with van der Waals surface area (Å²) in [5.41, 5.74) is 0.825. The van der Waals surface area contributed by atoms with E-state index in [0.717, 1.165) is 12.0 Å². The molecule has 1 aromatic carbocycles. The van der Waals surface area contributed by atoms with E-state index >= 15 is 0 Å². The third-order valence-electron chi connectivity index (χ3n) is 3.08. The minimum Gasteiger partial charge on any atom is -0.493 e. The number of ether oxygens (including phenoxy) is 2. The van der Waals surface area contributed by atoms with Gasteiger partial charge in [-0.1, -0.05) is 6.07 Å². The first-order valence-electron chi connectivity index (χ1n) is 6.67. The van der Waals surface area contributed by atoms with Gasteiger partial charge in [0.2, 0.25) is 0 Å². The maximum absolute atomic E-state index is 12.4. The fraction of sp³-hybridized carbons (Fsp3) is 0.500. The second-order valence-corrected chi connectivity index (χ2v) is 4.46. The summed E-state index contributed by atoms with van der Waals surface area (Å²) < 4.78 is 22.8. The zero-order chi connectivity index (χ0) is 15.7. The Hall–Kier alpha value is -1.76. The van der Waals surface area contributed by atoms with Gasteiger partial charge < -0.3 is 20.0 Å². The highest BCUT2D eigenvalue weighted by atomic mass is 19.1. The average Bonchev–Trinajstić information content (AvgIpc) is 2.53. The predicted octanol–water partition coefficient (Wildman–Crippen LogP) is 1.28. The van der Waals surface area contributed by atoms with E-state index in [1.165, 1.54) is 7.11 Å². The quantitative estimate of drug-likeness (QED) is 0.532. The van der Waals surface area contributed by atoms with E-state index in [4.69, 9.17) is 17.5 Å². The number of nitrogens with one attached hydrogen (secondary N) is 2. The highest BCUT2D eigenvalue weighted by Gasteiger charge is 2.16. The van der Waals surface area contributed by atoms with Gasteiger partial charge in [-0.25, -0.2) is 4.39 Å². The summed E-state index contributed by atoms with van der Waals surface area (Å²) in [7, 11) is 8.32. The van der Waals surface area contributed by atoms with Gasteiger partial charge in [0, 0.05) is 0 Å². The van der Waals surface area contributed by atoms with Crippen LogP contribution in [-0.4, -0.2) is 41.3 Å². The topological polar surface area (TPSA) is 59.6 Å². The fourth-order valence-electron chi connectivity index (χ4n) is 2.03. The molecule has 1 rings (SSSR count). The van der Waals surface area contributed by atoms with Gasteiger partial charge in [0.15, 0.2) is 26.2 Å². The van der Waals surface area contributed by atoms with Gasteiger partial charge in [0.1, 0.15) is 0 Å². The highest BCUT2D eigenvalue weighted by molar-refractivity contribution is 6.04. The summed E-state index contributed by atoms with van der Waals surface area (Å²) in [6, 6.07) is 5.05. The molecule has 2 radical (unpaired) electrons. The SMILES string of the molecule is [B]NCCC[C@@H](NC(=O)CF)c1ccc(OC)c(OC)c1. The van der Waals surface area contributed by atoms with E-state index in [-0.39, 0.29) is 6.04 Å². The van der Waals surface area contributed by atoms with Crippen LogP contribution >= 0.6 is 0 Å². The molecule has 114 valence electrons. The summed E-state index contributed by atoms with van der Waals surface area (Å²) in [4.78, 5) is 11.3. The van der Waals surface area contributed by atoms with Crippen molar-refractivity contribution < 1.29 is 18.7 Å². The number of hydrogen-bond donors (Lipinski definition) is 2. The van der Waals surface area contributed by atoms with E-state index in [9.17, 15) is 9.18 Å². The van der Waals surface area contributed by atoms with Crippen LogP contribution in [0, 0.1) is 0 Å². The highest BCUT2D eigenvalue weighted by Crippen LogP contribution is 2.31. The Balaban J connectivity index is 2.92. The van der Waals surface area contributed by atoms with Crippen molar-refractivity contribution >= 4 is 13.9 Å². The molecule has 0 heterocycles. The zero-order valence-electron chi connectivity index (χ0n) is 12.3. The minimum absolute atomic E-state index is 0.304. The Bertz CT molecular complexity index is 460. The molecular weight excluding hydrogens is 274 g/mol. The molecule has 1 aromatic rings. The number of benzene rings is 1. The van der Waals surface area contributed by atoms with E-state index in [2.05, 4.69) is 10.5 Å². The molecule has 1 atom stereocenters. The van der Waals surface area contributed by atoms with Gasteiger partial charge in [0.25, 0.3) is 5.91 Å². The largest absolute Gasteiger partial charge is 0.493 e. The van der Waals surface area contributed by atoms with Crippen molar-refractivity contribution in [3.8, 4) is 11.5 Å². The molecule has 0 saturated heterocycles. The van der Waals surface area contributed by atoms with Crippen LogP contribution in [0.15, 0.2) is 18.2 Å². The number of amides is 1. The third-order valence-corrected chi connectivity index (χ3v) is 3.08. The fourth-order valence-corrected chi connectivity index (χ4v) is 2.03. The van der Waals surface area contributed by atoms with Crippen LogP contribution in [0.1, 0.15) is 24.4 Å². The van der Waals surface area contributed by atoms with E-state index < -0.39 is 12.6 Å². The van der Waals surface area contributed by atoms with Crippen LogP contribution in [0.25, 0.3) is 0 Å². The van der Waals surface area contributed by atoms with Crippen molar-refractivity contribution in [2.45, 2.75) is 18.9 Å². The van der Waals surface area contributed by atoms with Gasteiger partial charge in [-0.2, -0.15) is 0 Å². The number of methoxy groups -OCH3 is 2. The predicted molar refractivity (Wildman–Crippen MR) is 79.4 cm³/mol. The smallest absolute Gasteiger partial charge is 0.251 e. The van der Waals surface area contributed by atoms with Crippen LogP contribution in [0.4, 0.5) is 4.39 Å². The van der Waals surface area contributed by atoms with Gasteiger partial charge in [-0.05, 0) is 37.1 Å². The Labute approximate surface area is 125 Å². The molecule has 0 aromatic heterocycles. The average molecular weight is 294 g/mol. The summed E-state index contributed by atoms with van der Waals surface area (Å²) in [6.45, 7) is -0.436. The molecule has 0 fully saturated rings. The van der Waals surface area contributed by atoms with Gasteiger partial charge in [-0.3, -0.25) is 4.79 Å². The van der Waals surface area contributed by atoms with Crippen molar-refractivity contribution in [1.29, 1.82) is 0 Å². The summed E-state index contributed by atoms with van der Waals surface area (Å²) in [5, 5.41) is 5.20. The Morgan fingerprint density at radius 3 is 2.62 bits per heavy atom. The normalized spacial score (nSPS) is 11.8. The molecule has 1 amide bonds. The third kappa shape index (κ3) is 5.26. The second-order valence-electron chi connectivity index (χ2n) is 4.46. The molecular formula is C14H20BFN2O3. The molecule has 0 aliphatic carbocycles.